The first-order valence-electron chi connectivity index (χ1n) is 3.95. The largest absolute Gasteiger partial charge is 0.509 e. The average molecular weight is 203 g/mol. The molecule has 1 radical (unpaired) electrons. The highest BCUT2D eigenvalue weighted by Crippen LogP contribution is 2.31. The van der Waals surface area contributed by atoms with Crippen molar-refractivity contribution in [3.8, 4) is 0 Å². The lowest BCUT2D eigenvalue weighted by Gasteiger charge is -2.12. The zero-order valence-corrected chi connectivity index (χ0v) is 7.91. The molecule has 0 amide bonds. The van der Waals surface area contributed by atoms with Gasteiger partial charge in [0.2, 0.25) is 0 Å². The number of aliphatic hydroxyl groups excluding tert-OH is 1. The Morgan fingerprint density at radius 1 is 1.46 bits per heavy atom. The van der Waals surface area contributed by atoms with E-state index in [1.165, 1.54) is 0 Å². The second kappa shape index (κ2) is 3.44. The van der Waals surface area contributed by atoms with Crippen molar-refractivity contribution in [3.05, 3.63) is 0 Å². The number of aliphatic hydroxyl groups is 1. The van der Waals surface area contributed by atoms with Crippen LogP contribution in [0.15, 0.2) is 0 Å². The van der Waals surface area contributed by atoms with E-state index in [1.54, 1.807) is 7.00 Å². The van der Waals surface area contributed by atoms with Crippen LogP contribution in [0.4, 0.5) is 4.79 Å². The van der Waals surface area contributed by atoms with Gasteiger partial charge in [-0.1, -0.05) is 0 Å². The quantitative estimate of drug-likeness (QED) is 0.358. The molecular weight excluding hydrogens is 194 g/mol. The molecule has 5 atom stereocenters. The van der Waals surface area contributed by atoms with Gasteiger partial charge in [0.25, 0.3) is 0 Å². The third kappa shape index (κ3) is 1.43. The molecule has 0 aromatic heterocycles. The molecule has 13 heavy (non-hydrogen) atoms. The third-order valence-electron chi connectivity index (χ3n) is 2.18. The van der Waals surface area contributed by atoms with Gasteiger partial charge in [-0.2, -0.15) is 9.12 Å². The number of ether oxygens (including phenoxy) is 3. The van der Waals surface area contributed by atoms with Crippen LogP contribution < -0.4 is 0 Å². The maximum atomic E-state index is 10.8. The van der Waals surface area contributed by atoms with E-state index in [2.05, 4.69) is 9.12 Å². The molecule has 0 aromatic carbocycles. The summed E-state index contributed by atoms with van der Waals surface area (Å²) in [4.78, 5) is 10.8. The molecule has 0 aliphatic carbocycles. The second-order valence-corrected chi connectivity index (χ2v) is 3.31. The van der Waals surface area contributed by atoms with E-state index in [0.29, 0.717) is 0 Å². The molecule has 2 aliphatic heterocycles. The second-order valence-electron chi connectivity index (χ2n) is 2.93. The first-order chi connectivity index (χ1) is 6.26. The topological polar surface area (TPSA) is 65.0 Å². The van der Waals surface area contributed by atoms with Gasteiger partial charge in [0.15, 0.2) is 19.2 Å². The van der Waals surface area contributed by atoms with E-state index in [9.17, 15) is 4.79 Å². The van der Waals surface area contributed by atoms with Gasteiger partial charge in [-0.25, -0.2) is 4.79 Å². The number of carbonyl (C=O) groups excluding carboxylic acids is 1. The van der Waals surface area contributed by atoms with Crippen LogP contribution in [-0.2, 0) is 14.2 Å². The molecule has 2 heterocycles. The molecule has 0 bridgehead atoms. The molecule has 2 aliphatic rings. The summed E-state index contributed by atoms with van der Waals surface area (Å²) >= 11 is 0. The summed E-state index contributed by atoms with van der Waals surface area (Å²) in [5.74, 6) is 0. The monoisotopic (exact) mass is 203 g/mol. The van der Waals surface area contributed by atoms with Gasteiger partial charge in [-0.05, 0) is 0 Å². The van der Waals surface area contributed by atoms with Crippen molar-refractivity contribution in [2.45, 2.75) is 24.3 Å². The Morgan fingerprint density at radius 2 is 2.15 bits per heavy atom. The number of hydrogen-bond donors (Lipinski definition) is 1. The van der Waals surface area contributed by atoms with Crippen LogP contribution >= 0.6 is 9.12 Å². The minimum Gasteiger partial charge on any atom is -0.425 e. The summed E-state index contributed by atoms with van der Waals surface area (Å²) in [6.45, 7) is 1.53. The molecule has 2 unspecified atom stereocenters. The molecule has 0 saturated carbocycles. The molecular formula is C6H9BO5P. The van der Waals surface area contributed by atoms with E-state index in [4.69, 9.17) is 19.3 Å². The highest BCUT2D eigenvalue weighted by Gasteiger charge is 2.52. The fourth-order valence-electron chi connectivity index (χ4n) is 1.58. The molecule has 2 fully saturated rings. The van der Waals surface area contributed by atoms with Gasteiger partial charge in [-0.15, -0.1) is 0 Å². The number of fused-ring (bicyclic) bond motifs is 1. The molecule has 71 valence electrons. The van der Waals surface area contributed by atoms with Crippen LogP contribution in [0.25, 0.3) is 0 Å². The zero-order chi connectivity index (χ0) is 9.42. The van der Waals surface area contributed by atoms with Crippen LogP contribution in [0.2, 0.25) is 0 Å². The molecule has 0 aromatic rings. The van der Waals surface area contributed by atoms with Crippen molar-refractivity contribution < 1.29 is 24.1 Å². The summed E-state index contributed by atoms with van der Waals surface area (Å²) < 4.78 is 15.1. The van der Waals surface area contributed by atoms with E-state index in [1.807, 2.05) is 0 Å². The Kier molecular flexibility index (Phi) is 2.45. The highest BCUT2D eigenvalue weighted by atomic mass is 31.0. The lowest BCUT2D eigenvalue weighted by molar-refractivity contribution is -0.0192. The minimum absolute atomic E-state index is 0.174. The Balaban J connectivity index is 2.11. The van der Waals surface area contributed by atoms with Gasteiger partial charge in [0.1, 0.15) is 6.10 Å². The summed E-state index contributed by atoms with van der Waals surface area (Å²) in [5, 5.41) is 8.92. The molecule has 2 rings (SSSR count). The van der Waals surface area contributed by atoms with E-state index >= 15 is 0 Å². The zero-order valence-electron chi connectivity index (χ0n) is 6.75. The molecule has 2 saturated heterocycles. The van der Waals surface area contributed by atoms with Crippen molar-refractivity contribution in [2.24, 2.45) is 0 Å². The van der Waals surface area contributed by atoms with Crippen LogP contribution in [-0.4, -0.2) is 49.2 Å². The smallest absolute Gasteiger partial charge is 0.425 e. The summed E-state index contributed by atoms with van der Waals surface area (Å²) in [5.41, 5.74) is 0. The first-order valence-corrected chi connectivity index (χ1v) is 4.61. The first kappa shape index (κ1) is 9.25. The van der Waals surface area contributed by atoms with Crippen molar-refractivity contribution in [1.29, 1.82) is 0 Å². The number of rotatable bonds is 2. The third-order valence-corrected chi connectivity index (χ3v) is 2.56. The van der Waals surface area contributed by atoms with Crippen LogP contribution in [0, 0.1) is 0 Å². The summed E-state index contributed by atoms with van der Waals surface area (Å²) in [7, 11) is 2.39. The maximum absolute atomic E-state index is 10.8. The lowest BCUT2D eigenvalue weighted by atomic mass is 9.91. The van der Waals surface area contributed by atoms with Crippen molar-refractivity contribution in [3.63, 3.8) is 0 Å². The normalized spacial score (nSPS) is 42.5. The predicted octanol–water partition coefficient (Wildman–Crippen LogP) is -0.898. The van der Waals surface area contributed by atoms with Crippen LogP contribution in [0.3, 0.4) is 0 Å². The van der Waals surface area contributed by atoms with E-state index in [-0.39, 0.29) is 12.6 Å². The van der Waals surface area contributed by atoms with Crippen molar-refractivity contribution in [2.75, 3.05) is 6.61 Å². The molecule has 7 heteroatoms. The molecule has 0 spiro atoms. The minimum atomic E-state index is -0.686. The standard InChI is InChI=1S/C6H9BO5P/c8-1-2-3-4(5(7-13)10-2)12-6(9)11-3/h2-5,8H,1,13H2/t2-,3+,4?,5-/m1/s1. The number of hydrogen-bond acceptors (Lipinski definition) is 5. The SMILES string of the molecule is O=C1OC2[C@H]([B]P)O[C@H](CO)[C@@H]2O1. The van der Waals surface area contributed by atoms with E-state index in [0.717, 1.165) is 0 Å². The molecule has 5 nitrogen and oxygen atoms in total. The van der Waals surface area contributed by atoms with Crippen LogP contribution in [0.5, 0.6) is 0 Å². The Labute approximate surface area is 78.1 Å². The summed E-state index contributed by atoms with van der Waals surface area (Å²) in [6, 6.07) is -0.307. The number of carbonyl (C=O) groups is 1. The summed E-state index contributed by atoms with van der Waals surface area (Å²) in [6.07, 6.45) is -2.05. The highest BCUT2D eigenvalue weighted by molar-refractivity contribution is 7.56. The van der Waals surface area contributed by atoms with Gasteiger partial charge < -0.3 is 19.3 Å². The van der Waals surface area contributed by atoms with Gasteiger partial charge in [0, 0.05) is 0 Å². The fourth-order valence-corrected chi connectivity index (χ4v) is 1.89. The molecule has 1 N–H and O–H groups in total. The van der Waals surface area contributed by atoms with Crippen LogP contribution in [0.1, 0.15) is 0 Å². The van der Waals surface area contributed by atoms with E-state index < -0.39 is 24.5 Å². The van der Waals surface area contributed by atoms with Gasteiger partial charge in [-0.3, -0.25) is 0 Å². The predicted molar refractivity (Wildman–Crippen MR) is 46.4 cm³/mol. The van der Waals surface area contributed by atoms with Crippen molar-refractivity contribution >= 4 is 22.3 Å². The fraction of sp³-hybridized carbons (Fsp3) is 0.833. The lowest BCUT2D eigenvalue weighted by Crippen LogP contribution is -2.32. The van der Waals surface area contributed by atoms with Gasteiger partial charge >= 0.3 is 6.16 Å². The Bertz CT molecular complexity index is 205. The Hall–Kier alpha value is -0.315. The van der Waals surface area contributed by atoms with Crippen molar-refractivity contribution in [1.82, 2.24) is 0 Å². The van der Waals surface area contributed by atoms with Gasteiger partial charge in [0.05, 0.1) is 12.6 Å². The Morgan fingerprint density at radius 3 is 2.77 bits per heavy atom. The maximum Gasteiger partial charge on any atom is 0.509 e. The average Bonchev–Trinajstić information content (AvgIpc) is 2.61.